The highest BCUT2D eigenvalue weighted by atomic mass is 35.5. The second-order valence-electron chi connectivity index (χ2n) is 3.41. The van der Waals surface area contributed by atoms with Crippen molar-refractivity contribution in [2.75, 3.05) is 7.05 Å². The molecule has 0 unspecified atom stereocenters. The summed E-state index contributed by atoms with van der Waals surface area (Å²) in [6, 6.07) is 6.62. The van der Waals surface area contributed by atoms with Gasteiger partial charge in [0.2, 0.25) is 0 Å². The molecule has 4 nitrogen and oxygen atoms in total. The number of imide groups is 1. The molecule has 0 radical (unpaired) electrons. The van der Waals surface area contributed by atoms with Gasteiger partial charge in [-0.1, -0.05) is 23.7 Å². The minimum absolute atomic E-state index is 0.259. The molecule has 0 saturated carbocycles. The molecule has 2 rings (SSSR count). The van der Waals surface area contributed by atoms with E-state index in [1.54, 1.807) is 30.3 Å². The van der Waals surface area contributed by atoms with E-state index in [9.17, 15) is 9.59 Å². The standard InChI is InChI=1S/C11H9ClN2O2/c1-14-10(15)9(13-11(14)16)6-7-3-2-4-8(12)5-7/h2-6H,1H3,(H,13,16)/b9-6+. The molecule has 1 aliphatic rings. The highest BCUT2D eigenvalue weighted by Gasteiger charge is 2.29. The molecular formula is C11H9ClN2O2. The second kappa shape index (κ2) is 3.98. The number of hydrogen-bond acceptors (Lipinski definition) is 2. The molecule has 16 heavy (non-hydrogen) atoms. The largest absolute Gasteiger partial charge is 0.328 e. The van der Waals surface area contributed by atoms with Crippen LogP contribution in [0.4, 0.5) is 4.79 Å². The normalized spacial score (nSPS) is 18.1. The zero-order valence-electron chi connectivity index (χ0n) is 8.53. The van der Waals surface area contributed by atoms with Gasteiger partial charge in [-0.15, -0.1) is 0 Å². The van der Waals surface area contributed by atoms with Gasteiger partial charge in [0.1, 0.15) is 5.70 Å². The van der Waals surface area contributed by atoms with Crippen LogP contribution in [0.3, 0.4) is 0 Å². The van der Waals surface area contributed by atoms with E-state index >= 15 is 0 Å². The number of nitrogens with zero attached hydrogens (tertiary/aromatic N) is 1. The second-order valence-corrected chi connectivity index (χ2v) is 3.84. The minimum atomic E-state index is -0.418. The Morgan fingerprint density at radius 3 is 2.69 bits per heavy atom. The van der Waals surface area contributed by atoms with E-state index in [0.29, 0.717) is 5.02 Å². The number of carbonyl (C=O) groups is 2. The third-order valence-corrected chi connectivity index (χ3v) is 2.48. The van der Waals surface area contributed by atoms with E-state index in [4.69, 9.17) is 11.6 Å². The Balaban J connectivity index is 2.33. The Morgan fingerprint density at radius 2 is 2.12 bits per heavy atom. The molecule has 0 spiro atoms. The summed E-state index contributed by atoms with van der Waals surface area (Å²) in [5.74, 6) is -0.343. The maximum Gasteiger partial charge on any atom is 0.328 e. The first-order chi connectivity index (χ1) is 7.58. The van der Waals surface area contributed by atoms with Gasteiger partial charge in [-0.25, -0.2) is 4.79 Å². The van der Waals surface area contributed by atoms with Crippen LogP contribution in [0.2, 0.25) is 5.02 Å². The number of urea groups is 1. The number of halogens is 1. The number of rotatable bonds is 1. The van der Waals surface area contributed by atoms with E-state index in [-0.39, 0.29) is 11.6 Å². The maximum absolute atomic E-state index is 11.5. The predicted octanol–water partition coefficient (Wildman–Crippen LogP) is 1.86. The lowest BCUT2D eigenvalue weighted by Crippen LogP contribution is -2.25. The fourth-order valence-corrected chi connectivity index (χ4v) is 1.59. The summed E-state index contributed by atoms with van der Waals surface area (Å²) in [5.41, 5.74) is 1.03. The molecule has 1 saturated heterocycles. The molecule has 0 aromatic heterocycles. The summed E-state index contributed by atoms with van der Waals surface area (Å²) in [6.07, 6.45) is 1.59. The number of benzene rings is 1. The molecule has 0 aliphatic carbocycles. The zero-order valence-corrected chi connectivity index (χ0v) is 9.28. The van der Waals surface area contributed by atoms with Gasteiger partial charge < -0.3 is 5.32 Å². The van der Waals surface area contributed by atoms with Crippen LogP contribution in [0.25, 0.3) is 6.08 Å². The quantitative estimate of drug-likeness (QED) is 0.598. The molecule has 82 valence electrons. The lowest BCUT2D eigenvalue weighted by molar-refractivity contribution is -0.121. The average Bonchev–Trinajstić information content (AvgIpc) is 2.47. The van der Waals surface area contributed by atoms with Crippen LogP contribution < -0.4 is 5.32 Å². The summed E-state index contributed by atoms with van der Waals surface area (Å²) in [7, 11) is 1.43. The van der Waals surface area contributed by atoms with Gasteiger partial charge >= 0.3 is 6.03 Å². The number of amides is 3. The lowest BCUT2D eigenvalue weighted by Gasteiger charge is -1.99. The smallest absolute Gasteiger partial charge is 0.303 e. The van der Waals surface area contributed by atoms with E-state index in [1.807, 2.05) is 0 Å². The van der Waals surface area contributed by atoms with Crippen molar-refractivity contribution in [1.29, 1.82) is 0 Å². The van der Waals surface area contributed by atoms with Crippen molar-refractivity contribution in [3.8, 4) is 0 Å². The molecule has 0 bridgehead atoms. The summed E-state index contributed by atoms with van der Waals surface area (Å²) in [5, 5.41) is 3.06. The molecule has 1 aromatic rings. The predicted molar refractivity (Wildman–Crippen MR) is 60.7 cm³/mol. The summed E-state index contributed by atoms with van der Waals surface area (Å²) in [6.45, 7) is 0. The van der Waals surface area contributed by atoms with E-state index in [1.165, 1.54) is 7.05 Å². The molecule has 5 heteroatoms. The molecule has 3 amide bonds. The number of likely N-dealkylation sites (N-methyl/N-ethyl adjacent to an activating group) is 1. The van der Waals surface area contributed by atoms with Gasteiger partial charge in [0.15, 0.2) is 0 Å². The Morgan fingerprint density at radius 1 is 1.38 bits per heavy atom. The van der Waals surface area contributed by atoms with Crippen LogP contribution in [0.1, 0.15) is 5.56 Å². The van der Waals surface area contributed by atoms with Crippen LogP contribution in [0.15, 0.2) is 30.0 Å². The highest BCUT2D eigenvalue weighted by Crippen LogP contribution is 2.15. The van der Waals surface area contributed by atoms with Crippen molar-refractivity contribution in [3.05, 3.63) is 40.5 Å². The SMILES string of the molecule is CN1C(=O)N/C(=C/c2cccc(Cl)c2)C1=O. The first-order valence-electron chi connectivity index (χ1n) is 4.64. The maximum atomic E-state index is 11.5. The molecule has 1 aliphatic heterocycles. The van der Waals surface area contributed by atoms with Crippen molar-refractivity contribution < 1.29 is 9.59 Å². The fraction of sp³-hybridized carbons (Fsp3) is 0.0909. The van der Waals surface area contributed by atoms with E-state index < -0.39 is 6.03 Å². The van der Waals surface area contributed by atoms with Crippen LogP contribution in [-0.4, -0.2) is 23.9 Å². The first kappa shape index (κ1) is 10.7. The summed E-state index contributed by atoms with van der Waals surface area (Å²) < 4.78 is 0. The molecule has 0 atom stereocenters. The van der Waals surface area contributed by atoms with Gasteiger partial charge in [0.05, 0.1) is 0 Å². The van der Waals surface area contributed by atoms with Crippen molar-refractivity contribution in [2.45, 2.75) is 0 Å². The number of hydrogen-bond donors (Lipinski definition) is 1. The first-order valence-corrected chi connectivity index (χ1v) is 5.02. The fourth-order valence-electron chi connectivity index (χ4n) is 1.39. The Labute approximate surface area is 97.5 Å². The lowest BCUT2D eigenvalue weighted by atomic mass is 10.2. The van der Waals surface area contributed by atoms with Crippen LogP contribution in [0, 0.1) is 0 Å². The van der Waals surface area contributed by atoms with Gasteiger partial charge in [-0.3, -0.25) is 9.69 Å². The number of nitrogens with one attached hydrogen (secondary N) is 1. The van der Waals surface area contributed by atoms with Gasteiger partial charge in [-0.05, 0) is 23.8 Å². The topological polar surface area (TPSA) is 49.4 Å². The molecule has 1 aromatic carbocycles. The van der Waals surface area contributed by atoms with Gasteiger partial charge in [0, 0.05) is 12.1 Å². The Kier molecular flexibility index (Phi) is 2.66. The van der Waals surface area contributed by atoms with Crippen molar-refractivity contribution >= 4 is 29.6 Å². The van der Waals surface area contributed by atoms with Crippen LogP contribution in [-0.2, 0) is 4.79 Å². The monoisotopic (exact) mass is 236 g/mol. The highest BCUT2D eigenvalue weighted by molar-refractivity contribution is 6.30. The van der Waals surface area contributed by atoms with E-state index in [0.717, 1.165) is 10.5 Å². The zero-order chi connectivity index (χ0) is 11.7. The number of carbonyl (C=O) groups excluding carboxylic acids is 2. The van der Waals surface area contributed by atoms with Crippen molar-refractivity contribution in [1.82, 2.24) is 10.2 Å². The molecule has 1 N–H and O–H groups in total. The third-order valence-electron chi connectivity index (χ3n) is 2.24. The molecule has 1 fully saturated rings. The van der Waals surface area contributed by atoms with Crippen LogP contribution in [0.5, 0.6) is 0 Å². The van der Waals surface area contributed by atoms with Gasteiger partial charge in [-0.2, -0.15) is 0 Å². The van der Waals surface area contributed by atoms with Crippen molar-refractivity contribution in [2.24, 2.45) is 0 Å². The van der Waals surface area contributed by atoms with Gasteiger partial charge in [0.25, 0.3) is 5.91 Å². The molecular weight excluding hydrogens is 228 g/mol. The van der Waals surface area contributed by atoms with E-state index in [2.05, 4.69) is 5.32 Å². The average molecular weight is 237 g/mol. The minimum Gasteiger partial charge on any atom is -0.303 e. The Bertz CT molecular complexity index is 497. The summed E-state index contributed by atoms with van der Waals surface area (Å²) in [4.78, 5) is 23.7. The summed E-state index contributed by atoms with van der Waals surface area (Å²) >= 11 is 5.81. The van der Waals surface area contributed by atoms with Crippen LogP contribution >= 0.6 is 11.6 Å². The third kappa shape index (κ3) is 1.92. The molecule has 1 heterocycles. The van der Waals surface area contributed by atoms with Crippen molar-refractivity contribution in [3.63, 3.8) is 0 Å². The Hall–Kier alpha value is -1.81.